The number of nitrogens with zero attached hydrogens (tertiary/aromatic N) is 1. The Morgan fingerprint density at radius 1 is 1.14 bits per heavy atom. The van der Waals surface area contributed by atoms with Gasteiger partial charge in [-0.1, -0.05) is 41.9 Å². The lowest BCUT2D eigenvalue weighted by molar-refractivity contribution is 0.101. The van der Waals surface area contributed by atoms with E-state index in [2.05, 4.69) is 16.7 Å². The lowest BCUT2D eigenvalue weighted by Gasteiger charge is -2.05. The fourth-order valence-electron chi connectivity index (χ4n) is 2.63. The first-order chi connectivity index (χ1) is 10.1. The van der Waals surface area contributed by atoms with Crippen LogP contribution in [0.4, 0.5) is 0 Å². The molecule has 2 aromatic carbocycles. The van der Waals surface area contributed by atoms with Crippen LogP contribution in [0.15, 0.2) is 54.7 Å². The Hall–Kier alpha value is -2.06. The highest BCUT2D eigenvalue weighted by Crippen LogP contribution is 2.25. The summed E-state index contributed by atoms with van der Waals surface area (Å²) in [5.74, 6) is 0.0701. The molecule has 21 heavy (non-hydrogen) atoms. The second-order valence-corrected chi connectivity index (χ2v) is 5.63. The summed E-state index contributed by atoms with van der Waals surface area (Å²) in [6, 6.07) is 16.1. The highest BCUT2D eigenvalue weighted by Gasteiger charge is 2.12. The van der Waals surface area contributed by atoms with E-state index >= 15 is 0 Å². The molecule has 0 spiro atoms. The van der Waals surface area contributed by atoms with E-state index in [0.717, 1.165) is 29.4 Å². The first-order valence-corrected chi connectivity index (χ1v) is 7.36. The van der Waals surface area contributed by atoms with Crippen LogP contribution in [-0.4, -0.2) is 10.4 Å². The first-order valence-electron chi connectivity index (χ1n) is 6.98. The van der Waals surface area contributed by atoms with Crippen LogP contribution >= 0.6 is 11.6 Å². The van der Waals surface area contributed by atoms with Gasteiger partial charge < -0.3 is 4.57 Å². The molecule has 3 heteroatoms. The molecule has 0 aliphatic rings. The van der Waals surface area contributed by atoms with Gasteiger partial charge in [0.2, 0.25) is 0 Å². The predicted molar refractivity (Wildman–Crippen MR) is 87.1 cm³/mol. The van der Waals surface area contributed by atoms with E-state index in [0.29, 0.717) is 5.02 Å². The van der Waals surface area contributed by atoms with Gasteiger partial charge in [-0.15, -0.1) is 0 Å². The molecule has 2 nitrogen and oxygen atoms in total. The van der Waals surface area contributed by atoms with Crippen molar-refractivity contribution in [3.63, 3.8) is 0 Å². The van der Waals surface area contributed by atoms with E-state index in [1.54, 1.807) is 6.92 Å². The molecule has 0 unspecified atom stereocenters. The Morgan fingerprint density at radius 2 is 1.90 bits per heavy atom. The number of ketones is 1. The summed E-state index contributed by atoms with van der Waals surface area (Å²) in [6.07, 6.45) is 2.87. The average molecular weight is 298 g/mol. The fraction of sp³-hybridized carbons (Fsp3) is 0.167. The van der Waals surface area contributed by atoms with Crippen LogP contribution in [0.1, 0.15) is 22.8 Å². The minimum Gasteiger partial charge on any atom is -0.346 e. The Morgan fingerprint density at radius 3 is 2.62 bits per heavy atom. The van der Waals surface area contributed by atoms with Crippen LogP contribution in [0.3, 0.4) is 0 Å². The third-order valence-electron chi connectivity index (χ3n) is 3.71. The number of aryl methyl sites for hydroxylation is 2. The van der Waals surface area contributed by atoms with Crippen molar-refractivity contribution in [2.45, 2.75) is 19.9 Å². The number of carbonyl (C=O) groups excluding carboxylic acids is 1. The van der Waals surface area contributed by atoms with E-state index in [1.165, 1.54) is 5.56 Å². The number of aromatic nitrogens is 1. The Labute approximate surface area is 129 Å². The van der Waals surface area contributed by atoms with E-state index in [9.17, 15) is 4.79 Å². The standard InChI is InChI=1S/C18H16ClNO/c1-13(21)17-12-20(10-9-14-5-3-2-4-6-14)18-8-7-15(19)11-16(17)18/h2-8,11-12H,9-10H2,1H3. The van der Waals surface area contributed by atoms with Gasteiger partial charge in [-0.2, -0.15) is 0 Å². The number of hydrogen-bond donors (Lipinski definition) is 0. The minimum absolute atomic E-state index is 0.0701. The van der Waals surface area contributed by atoms with Crippen LogP contribution in [0, 0.1) is 0 Å². The van der Waals surface area contributed by atoms with E-state index in [-0.39, 0.29) is 5.78 Å². The molecular weight excluding hydrogens is 282 g/mol. The van der Waals surface area contributed by atoms with Crippen LogP contribution in [-0.2, 0) is 13.0 Å². The van der Waals surface area contributed by atoms with Crippen LogP contribution in [0.2, 0.25) is 5.02 Å². The number of halogens is 1. The fourth-order valence-corrected chi connectivity index (χ4v) is 2.80. The van der Waals surface area contributed by atoms with Crippen LogP contribution < -0.4 is 0 Å². The Balaban J connectivity index is 1.97. The van der Waals surface area contributed by atoms with Crippen molar-refractivity contribution in [3.8, 4) is 0 Å². The molecule has 0 aliphatic heterocycles. The summed E-state index contributed by atoms with van der Waals surface area (Å²) in [6.45, 7) is 2.44. The van der Waals surface area contributed by atoms with Gasteiger partial charge >= 0.3 is 0 Å². The zero-order valence-corrected chi connectivity index (χ0v) is 12.6. The molecule has 3 aromatic rings. The predicted octanol–water partition coefficient (Wildman–Crippen LogP) is 4.74. The van der Waals surface area contributed by atoms with Crippen molar-refractivity contribution in [3.05, 3.63) is 70.9 Å². The molecule has 0 N–H and O–H groups in total. The molecule has 106 valence electrons. The van der Waals surface area contributed by atoms with Crippen molar-refractivity contribution in [2.75, 3.05) is 0 Å². The zero-order valence-electron chi connectivity index (χ0n) is 11.8. The van der Waals surface area contributed by atoms with E-state index in [4.69, 9.17) is 11.6 Å². The number of rotatable bonds is 4. The smallest absolute Gasteiger partial charge is 0.161 e. The van der Waals surface area contributed by atoms with Gasteiger partial charge in [-0.05, 0) is 37.1 Å². The largest absolute Gasteiger partial charge is 0.346 e. The van der Waals surface area contributed by atoms with Gasteiger partial charge in [0, 0.05) is 34.2 Å². The van der Waals surface area contributed by atoms with Gasteiger partial charge in [-0.25, -0.2) is 0 Å². The van der Waals surface area contributed by atoms with Gasteiger partial charge in [0.15, 0.2) is 5.78 Å². The number of hydrogen-bond acceptors (Lipinski definition) is 1. The highest BCUT2D eigenvalue weighted by molar-refractivity contribution is 6.31. The van der Waals surface area contributed by atoms with Crippen molar-refractivity contribution >= 4 is 28.3 Å². The third kappa shape index (κ3) is 2.86. The maximum absolute atomic E-state index is 11.8. The van der Waals surface area contributed by atoms with Crippen LogP contribution in [0.25, 0.3) is 10.9 Å². The third-order valence-corrected chi connectivity index (χ3v) is 3.94. The van der Waals surface area contributed by atoms with E-state index in [1.807, 2.05) is 42.6 Å². The summed E-state index contributed by atoms with van der Waals surface area (Å²) < 4.78 is 2.13. The lowest BCUT2D eigenvalue weighted by atomic mass is 10.1. The van der Waals surface area contributed by atoms with Gasteiger partial charge in [0.1, 0.15) is 0 Å². The maximum Gasteiger partial charge on any atom is 0.161 e. The monoisotopic (exact) mass is 297 g/mol. The van der Waals surface area contributed by atoms with Crippen molar-refractivity contribution < 1.29 is 4.79 Å². The van der Waals surface area contributed by atoms with Gasteiger partial charge in [0.25, 0.3) is 0 Å². The van der Waals surface area contributed by atoms with E-state index < -0.39 is 0 Å². The first kappa shape index (κ1) is 13.9. The molecule has 0 aliphatic carbocycles. The molecule has 3 rings (SSSR count). The Bertz CT molecular complexity index is 790. The molecule has 0 saturated heterocycles. The summed E-state index contributed by atoms with van der Waals surface area (Å²) in [4.78, 5) is 11.8. The summed E-state index contributed by atoms with van der Waals surface area (Å²) in [5.41, 5.74) is 3.08. The summed E-state index contributed by atoms with van der Waals surface area (Å²) in [5, 5.41) is 1.59. The zero-order chi connectivity index (χ0) is 14.8. The molecular formula is C18H16ClNO. The second-order valence-electron chi connectivity index (χ2n) is 5.19. The second kappa shape index (κ2) is 5.74. The molecule has 1 aromatic heterocycles. The molecule has 1 heterocycles. The molecule has 0 amide bonds. The van der Waals surface area contributed by atoms with Crippen molar-refractivity contribution in [2.24, 2.45) is 0 Å². The number of benzene rings is 2. The lowest BCUT2D eigenvalue weighted by Crippen LogP contribution is -2.00. The number of Topliss-reactive ketones (excluding diaryl/α,β-unsaturated/α-hetero) is 1. The molecule has 0 atom stereocenters. The Kier molecular flexibility index (Phi) is 3.80. The highest BCUT2D eigenvalue weighted by atomic mass is 35.5. The quantitative estimate of drug-likeness (QED) is 0.638. The van der Waals surface area contributed by atoms with Crippen molar-refractivity contribution in [1.82, 2.24) is 4.57 Å². The summed E-state index contributed by atoms with van der Waals surface area (Å²) in [7, 11) is 0. The molecule has 0 bridgehead atoms. The topological polar surface area (TPSA) is 22.0 Å². The summed E-state index contributed by atoms with van der Waals surface area (Å²) >= 11 is 6.06. The number of fused-ring (bicyclic) bond motifs is 1. The minimum atomic E-state index is 0.0701. The van der Waals surface area contributed by atoms with Gasteiger partial charge in [0.05, 0.1) is 0 Å². The van der Waals surface area contributed by atoms with Crippen molar-refractivity contribution in [1.29, 1.82) is 0 Å². The molecule has 0 saturated carbocycles. The number of carbonyl (C=O) groups is 1. The molecule has 0 fully saturated rings. The average Bonchev–Trinajstić information content (AvgIpc) is 2.84. The molecule has 0 radical (unpaired) electrons. The normalized spacial score (nSPS) is 11.0. The SMILES string of the molecule is CC(=O)c1cn(CCc2ccccc2)c2ccc(Cl)cc12. The van der Waals surface area contributed by atoms with Crippen LogP contribution in [0.5, 0.6) is 0 Å². The maximum atomic E-state index is 11.8. The van der Waals surface area contributed by atoms with Gasteiger partial charge in [-0.3, -0.25) is 4.79 Å².